The molecule has 1 aliphatic rings. The first-order valence-corrected chi connectivity index (χ1v) is 4.57. The molecule has 4 nitrogen and oxygen atoms in total. The fraction of sp³-hybridized carbons (Fsp3) is 0.875. The topological polar surface area (TPSA) is 47.6 Å². The van der Waals surface area contributed by atoms with Crippen molar-refractivity contribution in [3.8, 4) is 0 Å². The molecule has 0 amide bonds. The van der Waals surface area contributed by atoms with E-state index in [1.54, 1.807) is 6.92 Å². The molecule has 1 fully saturated rings. The van der Waals surface area contributed by atoms with E-state index in [-0.39, 0.29) is 19.6 Å². The summed E-state index contributed by atoms with van der Waals surface area (Å²) in [7, 11) is 0. The van der Waals surface area contributed by atoms with Crippen molar-refractivity contribution in [3.05, 3.63) is 0 Å². The molecule has 0 unspecified atom stereocenters. The Morgan fingerprint density at radius 3 is 2.73 bits per heavy atom. The molecule has 7 heteroatoms. The number of carbonyl (C=O) groups excluding carboxylic acids is 1. The van der Waals surface area contributed by atoms with Gasteiger partial charge in [-0.1, -0.05) is 0 Å². The van der Waals surface area contributed by atoms with Crippen LogP contribution in [0, 0.1) is 0 Å². The molecule has 2 atom stereocenters. The van der Waals surface area contributed by atoms with E-state index in [9.17, 15) is 18.0 Å². The first-order valence-electron chi connectivity index (χ1n) is 4.57. The number of ether oxygens (including phenoxy) is 2. The number of halogens is 3. The Labute approximate surface area is 84.7 Å². The van der Waals surface area contributed by atoms with Gasteiger partial charge in [-0.05, 0) is 6.92 Å². The van der Waals surface area contributed by atoms with Crippen LogP contribution in [-0.2, 0) is 14.3 Å². The van der Waals surface area contributed by atoms with Gasteiger partial charge < -0.3 is 10.1 Å². The predicted octanol–water partition coefficient (Wildman–Crippen LogP) is 0.816. The Hall–Kier alpha value is -0.820. The van der Waals surface area contributed by atoms with Crippen molar-refractivity contribution < 1.29 is 27.4 Å². The molecule has 0 radical (unpaired) electrons. The van der Waals surface area contributed by atoms with Gasteiger partial charge in [0.2, 0.25) is 0 Å². The molecule has 1 aliphatic heterocycles. The van der Waals surface area contributed by atoms with Gasteiger partial charge in [0.1, 0.15) is 6.04 Å². The van der Waals surface area contributed by atoms with Gasteiger partial charge in [-0.3, -0.25) is 9.53 Å². The van der Waals surface area contributed by atoms with Crippen molar-refractivity contribution in [2.24, 2.45) is 0 Å². The SMILES string of the molecule is CCOC(=O)[C@H]1C[C@@H](OC(F)(F)F)CN1. The minimum absolute atomic E-state index is 0.00297. The second-order valence-corrected chi connectivity index (χ2v) is 3.13. The zero-order valence-electron chi connectivity index (χ0n) is 8.13. The van der Waals surface area contributed by atoms with E-state index in [2.05, 4.69) is 14.8 Å². The van der Waals surface area contributed by atoms with E-state index in [0.717, 1.165) is 0 Å². The van der Waals surface area contributed by atoms with Gasteiger partial charge in [-0.2, -0.15) is 0 Å². The van der Waals surface area contributed by atoms with E-state index < -0.39 is 24.5 Å². The maximum Gasteiger partial charge on any atom is 0.522 e. The molecule has 0 aliphatic carbocycles. The molecule has 1 heterocycles. The van der Waals surface area contributed by atoms with Gasteiger partial charge in [0.05, 0.1) is 12.7 Å². The smallest absolute Gasteiger partial charge is 0.465 e. The molecule has 0 aromatic carbocycles. The summed E-state index contributed by atoms with van der Waals surface area (Å²) in [6, 6.07) is -0.697. The van der Waals surface area contributed by atoms with Crippen LogP contribution in [0.5, 0.6) is 0 Å². The standard InChI is InChI=1S/C8H12F3NO3/c1-2-14-7(13)6-3-5(4-12-6)15-8(9,10)11/h5-6,12H,2-4H2,1H3/t5-,6-/m1/s1. The highest BCUT2D eigenvalue weighted by molar-refractivity contribution is 5.76. The number of hydrogen-bond acceptors (Lipinski definition) is 4. The lowest BCUT2D eigenvalue weighted by atomic mass is 10.2. The number of rotatable bonds is 3. The Bertz CT molecular complexity index is 232. The number of nitrogens with one attached hydrogen (secondary N) is 1. The van der Waals surface area contributed by atoms with Crippen LogP contribution >= 0.6 is 0 Å². The number of alkyl halides is 3. The Kier molecular flexibility index (Phi) is 3.92. The van der Waals surface area contributed by atoms with E-state index in [0.29, 0.717) is 0 Å². The lowest BCUT2D eigenvalue weighted by molar-refractivity contribution is -0.340. The lowest BCUT2D eigenvalue weighted by Gasteiger charge is -2.12. The first kappa shape index (κ1) is 12.3. The van der Waals surface area contributed by atoms with E-state index in [1.807, 2.05) is 0 Å². The summed E-state index contributed by atoms with van der Waals surface area (Å²) in [6.07, 6.45) is -5.69. The third kappa shape index (κ3) is 4.05. The quantitative estimate of drug-likeness (QED) is 0.725. The summed E-state index contributed by atoms with van der Waals surface area (Å²) in [5, 5.41) is 2.61. The van der Waals surface area contributed by atoms with E-state index in [1.165, 1.54) is 0 Å². The van der Waals surface area contributed by atoms with Crippen molar-refractivity contribution in [1.82, 2.24) is 5.32 Å². The maximum atomic E-state index is 11.8. The molecule has 1 N–H and O–H groups in total. The van der Waals surface area contributed by atoms with Crippen LogP contribution in [-0.4, -0.2) is 37.6 Å². The highest BCUT2D eigenvalue weighted by Gasteiger charge is 2.39. The molecule has 15 heavy (non-hydrogen) atoms. The molecule has 0 aromatic heterocycles. The average molecular weight is 227 g/mol. The Balaban J connectivity index is 2.36. The predicted molar refractivity (Wildman–Crippen MR) is 44.0 cm³/mol. The number of carbonyl (C=O) groups is 1. The molecular formula is C8H12F3NO3. The third-order valence-corrected chi connectivity index (χ3v) is 1.96. The lowest BCUT2D eigenvalue weighted by Crippen LogP contribution is -2.32. The molecule has 0 aromatic rings. The van der Waals surface area contributed by atoms with Crippen molar-refractivity contribution in [3.63, 3.8) is 0 Å². The average Bonchev–Trinajstić information content (AvgIpc) is 2.50. The molecule has 0 spiro atoms. The second kappa shape index (κ2) is 4.80. The van der Waals surface area contributed by atoms with Crippen molar-refractivity contribution in [2.45, 2.75) is 31.9 Å². The molecule has 88 valence electrons. The summed E-state index contributed by atoms with van der Waals surface area (Å²) < 4.78 is 43.9. The summed E-state index contributed by atoms with van der Waals surface area (Å²) in [5.74, 6) is -0.536. The minimum atomic E-state index is -4.66. The zero-order valence-corrected chi connectivity index (χ0v) is 8.13. The van der Waals surface area contributed by atoms with Crippen LogP contribution in [0.2, 0.25) is 0 Å². The van der Waals surface area contributed by atoms with Gasteiger partial charge in [0.15, 0.2) is 0 Å². The minimum Gasteiger partial charge on any atom is -0.465 e. The molecule has 1 saturated heterocycles. The van der Waals surface area contributed by atoms with Gasteiger partial charge in [0.25, 0.3) is 0 Å². The van der Waals surface area contributed by atoms with Crippen molar-refractivity contribution in [2.75, 3.05) is 13.2 Å². The van der Waals surface area contributed by atoms with Gasteiger partial charge >= 0.3 is 12.3 Å². The van der Waals surface area contributed by atoms with Gasteiger partial charge in [-0.25, -0.2) is 0 Å². The molecular weight excluding hydrogens is 215 g/mol. The maximum absolute atomic E-state index is 11.8. The van der Waals surface area contributed by atoms with Crippen molar-refractivity contribution >= 4 is 5.97 Å². The summed E-state index contributed by atoms with van der Waals surface area (Å²) in [5.41, 5.74) is 0. The molecule has 1 rings (SSSR count). The highest BCUT2D eigenvalue weighted by atomic mass is 19.4. The Morgan fingerprint density at radius 1 is 1.53 bits per heavy atom. The number of hydrogen-bond donors (Lipinski definition) is 1. The third-order valence-electron chi connectivity index (χ3n) is 1.96. The van der Waals surface area contributed by atoms with Gasteiger partial charge in [0, 0.05) is 13.0 Å². The van der Waals surface area contributed by atoms with Gasteiger partial charge in [-0.15, -0.1) is 13.2 Å². The van der Waals surface area contributed by atoms with Crippen molar-refractivity contribution in [1.29, 1.82) is 0 Å². The Morgan fingerprint density at radius 2 is 2.20 bits per heavy atom. The fourth-order valence-corrected chi connectivity index (χ4v) is 1.40. The highest BCUT2D eigenvalue weighted by Crippen LogP contribution is 2.23. The molecule has 0 bridgehead atoms. The second-order valence-electron chi connectivity index (χ2n) is 3.13. The summed E-state index contributed by atoms with van der Waals surface area (Å²) >= 11 is 0. The van der Waals surface area contributed by atoms with E-state index >= 15 is 0 Å². The van der Waals surface area contributed by atoms with E-state index in [4.69, 9.17) is 0 Å². The first-order chi connectivity index (χ1) is 6.92. The normalized spacial score (nSPS) is 26.7. The van der Waals surface area contributed by atoms with Crippen LogP contribution in [0.1, 0.15) is 13.3 Å². The summed E-state index contributed by atoms with van der Waals surface area (Å²) in [6.45, 7) is 1.85. The zero-order chi connectivity index (χ0) is 11.5. The summed E-state index contributed by atoms with van der Waals surface area (Å²) in [4.78, 5) is 11.1. The largest absolute Gasteiger partial charge is 0.522 e. The molecule has 0 saturated carbocycles. The van der Waals surface area contributed by atoms with Crippen LogP contribution in [0.4, 0.5) is 13.2 Å². The fourth-order valence-electron chi connectivity index (χ4n) is 1.40. The van der Waals surface area contributed by atoms with Crippen LogP contribution in [0.3, 0.4) is 0 Å². The van der Waals surface area contributed by atoms with Crippen LogP contribution in [0.15, 0.2) is 0 Å². The monoisotopic (exact) mass is 227 g/mol. The van der Waals surface area contributed by atoms with Crippen LogP contribution < -0.4 is 5.32 Å². The number of esters is 1. The van der Waals surface area contributed by atoms with Crippen LogP contribution in [0.25, 0.3) is 0 Å².